The average molecular weight is 320 g/mol. The van der Waals surface area contributed by atoms with E-state index in [0.717, 1.165) is 12.0 Å². The second kappa shape index (κ2) is 6.45. The predicted octanol–water partition coefficient (Wildman–Crippen LogP) is 3.00. The highest BCUT2D eigenvalue weighted by Crippen LogP contribution is 2.24. The van der Waals surface area contributed by atoms with Crippen LogP contribution in [0, 0.1) is 9.49 Å². The van der Waals surface area contributed by atoms with Gasteiger partial charge in [0.1, 0.15) is 0 Å². The van der Waals surface area contributed by atoms with Gasteiger partial charge in [-0.05, 0) is 52.6 Å². The normalized spacial score (nSPS) is 14.9. The van der Waals surface area contributed by atoms with Gasteiger partial charge in [-0.1, -0.05) is 19.1 Å². The minimum Gasteiger partial charge on any atom is -0.388 e. The van der Waals surface area contributed by atoms with E-state index in [-0.39, 0.29) is 5.92 Å². The van der Waals surface area contributed by atoms with E-state index in [4.69, 9.17) is 4.74 Å². The number of ether oxygens (including phenoxy) is 1. The highest BCUT2D eigenvalue weighted by Gasteiger charge is 2.15. The molecular weight excluding hydrogens is 303 g/mol. The first-order valence-electron chi connectivity index (χ1n) is 5.07. The van der Waals surface area contributed by atoms with Gasteiger partial charge in [-0.3, -0.25) is 0 Å². The number of hydrogen-bond acceptors (Lipinski definition) is 2. The molecule has 3 heteroatoms. The number of methoxy groups -OCH3 is 1. The lowest BCUT2D eigenvalue weighted by molar-refractivity contribution is 0.0886. The fraction of sp³-hybridized carbons (Fsp3) is 0.500. The summed E-state index contributed by atoms with van der Waals surface area (Å²) in [6, 6.07) is 8.00. The van der Waals surface area contributed by atoms with Gasteiger partial charge in [0.25, 0.3) is 0 Å². The Hall–Kier alpha value is -0.130. The summed E-state index contributed by atoms with van der Waals surface area (Å²) in [6.07, 6.45) is 0.487. The molecule has 1 aromatic rings. The molecular formula is C12H17IO2. The third kappa shape index (κ3) is 4.09. The van der Waals surface area contributed by atoms with Crippen molar-refractivity contribution in [2.24, 2.45) is 5.92 Å². The fourth-order valence-corrected chi connectivity index (χ4v) is 1.81. The molecule has 1 rings (SSSR count). The Bertz CT molecular complexity index is 284. The first kappa shape index (κ1) is 12.9. The van der Waals surface area contributed by atoms with Gasteiger partial charge >= 0.3 is 0 Å². The lowest BCUT2D eigenvalue weighted by atomic mass is 9.95. The van der Waals surface area contributed by atoms with Crippen LogP contribution >= 0.6 is 22.6 Å². The molecule has 0 saturated carbocycles. The number of aliphatic hydroxyl groups excluding tert-OH is 1. The molecule has 2 nitrogen and oxygen atoms in total. The van der Waals surface area contributed by atoms with E-state index >= 15 is 0 Å². The third-order valence-electron chi connectivity index (χ3n) is 2.53. The fourth-order valence-electron chi connectivity index (χ4n) is 1.45. The molecule has 2 unspecified atom stereocenters. The van der Waals surface area contributed by atoms with E-state index in [9.17, 15) is 5.11 Å². The molecule has 84 valence electrons. The smallest absolute Gasteiger partial charge is 0.0816 e. The van der Waals surface area contributed by atoms with Gasteiger partial charge in [0.05, 0.1) is 6.10 Å². The van der Waals surface area contributed by atoms with Crippen LogP contribution in [0.25, 0.3) is 0 Å². The lowest BCUT2D eigenvalue weighted by Crippen LogP contribution is -2.11. The Morgan fingerprint density at radius 3 is 2.47 bits per heavy atom. The molecule has 0 saturated heterocycles. The molecule has 0 aliphatic heterocycles. The van der Waals surface area contributed by atoms with Crippen LogP contribution in [0.15, 0.2) is 24.3 Å². The molecule has 1 aromatic carbocycles. The van der Waals surface area contributed by atoms with E-state index in [1.807, 2.05) is 31.2 Å². The second-order valence-corrected chi connectivity index (χ2v) is 5.00. The van der Waals surface area contributed by atoms with Crippen LogP contribution in [0.4, 0.5) is 0 Å². The van der Waals surface area contributed by atoms with Gasteiger partial charge < -0.3 is 9.84 Å². The Kier molecular flexibility index (Phi) is 5.56. The Balaban J connectivity index is 2.59. The van der Waals surface area contributed by atoms with Crippen molar-refractivity contribution in [1.29, 1.82) is 0 Å². The van der Waals surface area contributed by atoms with Gasteiger partial charge in [-0.25, -0.2) is 0 Å². The Morgan fingerprint density at radius 2 is 1.93 bits per heavy atom. The molecule has 0 radical (unpaired) electrons. The molecule has 0 aromatic heterocycles. The number of hydrogen-bond donors (Lipinski definition) is 1. The molecule has 0 fully saturated rings. The van der Waals surface area contributed by atoms with Crippen molar-refractivity contribution >= 4 is 22.6 Å². The van der Waals surface area contributed by atoms with Gasteiger partial charge in [0, 0.05) is 17.3 Å². The van der Waals surface area contributed by atoms with E-state index in [2.05, 4.69) is 22.6 Å². The number of benzene rings is 1. The van der Waals surface area contributed by atoms with Gasteiger partial charge in [-0.2, -0.15) is 0 Å². The first-order chi connectivity index (χ1) is 7.15. The monoisotopic (exact) mass is 320 g/mol. The van der Waals surface area contributed by atoms with Crippen molar-refractivity contribution in [3.8, 4) is 0 Å². The number of halogens is 1. The minimum atomic E-state index is -0.392. The van der Waals surface area contributed by atoms with E-state index in [1.54, 1.807) is 7.11 Å². The molecule has 0 amide bonds. The Morgan fingerprint density at radius 1 is 1.33 bits per heavy atom. The molecule has 0 heterocycles. The zero-order valence-corrected chi connectivity index (χ0v) is 11.3. The standard InChI is InChI=1S/C12H17IO2/c1-9(7-8-15-2)12(14)10-3-5-11(13)6-4-10/h3-6,9,12,14H,7-8H2,1-2H3. The van der Waals surface area contributed by atoms with Crippen LogP contribution in [-0.4, -0.2) is 18.8 Å². The molecule has 0 aliphatic carbocycles. The predicted molar refractivity (Wildman–Crippen MR) is 69.8 cm³/mol. The van der Waals surface area contributed by atoms with Gasteiger partial charge in [-0.15, -0.1) is 0 Å². The highest BCUT2D eigenvalue weighted by molar-refractivity contribution is 14.1. The summed E-state index contributed by atoms with van der Waals surface area (Å²) in [5.41, 5.74) is 0.985. The topological polar surface area (TPSA) is 29.5 Å². The first-order valence-corrected chi connectivity index (χ1v) is 6.15. The lowest BCUT2D eigenvalue weighted by Gasteiger charge is -2.18. The van der Waals surface area contributed by atoms with E-state index < -0.39 is 6.10 Å². The van der Waals surface area contributed by atoms with Crippen LogP contribution in [0.1, 0.15) is 25.0 Å². The maximum absolute atomic E-state index is 10.0. The van der Waals surface area contributed by atoms with Crippen LogP contribution in [0.5, 0.6) is 0 Å². The molecule has 2 atom stereocenters. The van der Waals surface area contributed by atoms with Gasteiger partial charge in [0.2, 0.25) is 0 Å². The van der Waals surface area contributed by atoms with Crippen molar-refractivity contribution in [1.82, 2.24) is 0 Å². The quantitative estimate of drug-likeness (QED) is 0.845. The molecule has 0 bridgehead atoms. The molecule has 1 N–H and O–H groups in total. The van der Waals surface area contributed by atoms with Crippen molar-refractivity contribution in [2.45, 2.75) is 19.4 Å². The average Bonchev–Trinajstić information content (AvgIpc) is 2.26. The third-order valence-corrected chi connectivity index (χ3v) is 3.25. The zero-order valence-electron chi connectivity index (χ0n) is 9.11. The summed E-state index contributed by atoms with van der Waals surface area (Å²) in [4.78, 5) is 0. The summed E-state index contributed by atoms with van der Waals surface area (Å²) in [5.74, 6) is 0.227. The summed E-state index contributed by atoms with van der Waals surface area (Å²) in [6.45, 7) is 2.74. The van der Waals surface area contributed by atoms with Crippen molar-refractivity contribution in [2.75, 3.05) is 13.7 Å². The van der Waals surface area contributed by atoms with Crippen molar-refractivity contribution in [3.05, 3.63) is 33.4 Å². The minimum absolute atomic E-state index is 0.227. The summed E-state index contributed by atoms with van der Waals surface area (Å²) in [7, 11) is 1.68. The van der Waals surface area contributed by atoms with Crippen LogP contribution in [-0.2, 0) is 4.74 Å². The molecule has 15 heavy (non-hydrogen) atoms. The number of rotatable bonds is 5. The number of aliphatic hydroxyl groups is 1. The molecule has 0 spiro atoms. The molecule has 0 aliphatic rings. The van der Waals surface area contributed by atoms with E-state index in [0.29, 0.717) is 6.61 Å². The Labute approximate surface area is 105 Å². The highest BCUT2D eigenvalue weighted by atomic mass is 127. The summed E-state index contributed by atoms with van der Waals surface area (Å²) >= 11 is 2.26. The maximum atomic E-state index is 10.0. The van der Waals surface area contributed by atoms with Crippen molar-refractivity contribution < 1.29 is 9.84 Å². The van der Waals surface area contributed by atoms with Crippen molar-refractivity contribution in [3.63, 3.8) is 0 Å². The van der Waals surface area contributed by atoms with Crippen LogP contribution in [0.2, 0.25) is 0 Å². The SMILES string of the molecule is COCCC(C)C(O)c1ccc(I)cc1. The second-order valence-electron chi connectivity index (χ2n) is 3.76. The maximum Gasteiger partial charge on any atom is 0.0816 e. The van der Waals surface area contributed by atoms with E-state index in [1.165, 1.54) is 3.57 Å². The van der Waals surface area contributed by atoms with Gasteiger partial charge in [0.15, 0.2) is 0 Å². The van der Waals surface area contributed by atoms with Crippen LogP contribution in [0.3, 0.4) is 0 Å². The summed E-state index contributed by atoms with van der Waals surface area (Å²) < 4.78 is 6.19. The largest absolute Gasteiger partial charge is 0.388 e. The summed E-state index contributed by atoms with van der Waals surface area (Å²) in [5, 5.41) is 10.0. The zero-order chi connectivity index (χ0) is 11.3. The van der Waals surface area contributed by atoms with Crippen LogP contribution < -0.4 is 0 Å².